The minimum absolute atomic E-state index is 0.305. The van der Waals surface area contributed by atoms with Crippen LogP contribution >= 0.6 is 11.6 Å². The molecule has 17 heavy (non-hydrogen) atoms. The normalized spacial score (nSPS) is 13.2. The van der Waals surface area contributed by atoms with Gasteiger partial charge >= 0.3 is 0 Å². The van der Waals surface area contributed by atoms with Gasteiger partial charge in [-0.15, -0.1) is 11.6 Å². The van der Waals surface area contributed by atoms with Gasteiger partial charge in [0.1, 0.15) is 5.82 Å². The van der Waals surface area contributed by atoms with Crippen LogP contribution in [-0.4, -0.2) is 22.5 Å². The second kappa shape index (κ2) is 5.07. The SMILES string of the molecule is CNC(CCCl)c1ccc2c(c1)nc(C)n2C. The Balaban J connectivity index is 2.43. The Morgan fingerprint density at radius 1 is 1.47 bits per heavy atom. The maximum Gasteiger partial charge on any atom is 0.106 e. The Hall–Kier alpha value is -1.06. The topological polar surface area (TPSA) is 29.9 Å². The van der Waals surface area contributed by atoms with Gasteiger partial charge in [-0.05, 0) is 38.1 Å². The van der Waals surface area contributed by atoms with Crippen molar-refractivity contribution in [3.8, 4) is 0 Å². The van der Waals surface area contributed by atoms with E-state index in [-0.39, 0.29) is 0 Å². The molecule has 1 unspecified atom stereocenters. The molecule has 0 aliphatic carbocycles. The highest BCUT2D eigenvalue weighted by Crippen LogP contribution is 2.22. The predicted octanol–water partition coefficient (Wildman–Crippen LogP) is 2.77. The predicted molar refractivity (Wildman–Crippen MR) is 72.6 cm³/mol. The second-order valence-electron chi connectivity index (χ2n) is 4.29. The van der Waals surface area contributed by atoms with Crippen molar-refractivity contribution >= 4 is 22.6 Å². The van der Waals surface area contributed by atoms with Gasteiger partial charge in [-0.2, -0.15) is 0 Å². The number of halogens is 1. The van der Waals surface area contributed by atoms with E-state index < -0.39 is 0 Å². The molecule has 4 heteroatoms. The van der Waals surface area contributed by atoms with E-state index in [1.165, 1.54) is 11.1 Å². The summed E-state index contributed by atoms with van der Waals surface area (Å²) in [6, 6.07) is 6.73. The molecule has 92 valence electrons. The van der Waals surface area contributed by atoms with E-state index in [9.17, 15) is 0 Å². The van der Waals surface area contributed by atoms with Gasteiger partial charge in [-0.3, -0.25) is 0 Å². The number of hydrogen-bond acceptors (Lipinski definition) is 2. The molecule has 1 atom stereocenters. The van der Waals surface area contributed by atoms with Crippen LogP contribution in [0.2, 0.25) is 0 Å². The summed E-state index contributed by atoms with van der Waals surface area (Å²) < 4.78 is 2.11. The van der Waals surface area contributed by atoms with Crippen LogP contribution < -0.4 is 5.32 Å². The average Bonchev–Trinajstić information content (AvgIpc) is 2.61. The molecule has 1 N–H and O–H groups in total. The summed E-state index contributed by atoms with van der Waals surface area (Å²) in [6.45, 7) is 2.02. The fourth-order valence-electron chi connectivity index (χ4n) is 2.14. The van der Waals surface area contributed by atoms with Crippen LogP contribution in [0.1, 0.15) is 23.9 Å². The van der Waals surface area contributed by atoms with Crippen LogP contribution in [-0.2, 0) is 7.05 Å². The Labute approximate surface area is 107 Å². The minimum Gasteiger partial charge on any atom is -0.331 e. The number of hydrogen-bond donors (Lipinski definition) is 1. The molecule has 0 bridgehead atoms. The van der Waals surface area contributed by atoms with E-state index in [1.807, 2.05) is 21.0 Å². The number of rotatable bonds is 4. The van der Waals surface area contributed by atoms with E-state index in [2.05, 4.69) is 33.1 Å². The molecule has 3 nitrogen and oxygen atoms in total. The lowest BCUT2D eigenvalue weighted by Gasteiger charge is -2.15. The molecule has 0 aliphatic heterocycles. The monoisotopic (exact) mass is 251 g/mol. The number of fused-ring (bicyclic) bond motifs is 1. The Bertz CT molecular complexity index is 519. The average molecular weight is 252 g/mol. The highest BCUT2D eigenvalue weighted by Gasteiger charge is 2.11. The molecule has 1 aromatic heterocycles. The maximum absolute atomic E-state index is 5.81. The molecule has 0 amide bonds. The van der Waals surface area contributed by atoms with Crippen molar-refractivity contribution in [1.29, 1.82) is 0 Å². The zero-order valence-electron chi connectivity index (χ0n) is 10.5. The molecular formula is C13H18ClN3. The first-order chi connectivity index (χ1) is 8.17. The van der Waals surface area contributed by atoms with E-state index in [4.69, 9.17) is 11.6 Å². The molecule has 2 aromatic rings. The van der Waals surface area contributed by atoms with Crippen molar-refractivity contribution in [2.45, 2.75) is 19.4 Å². The van der Waals surface area contributed by atoms with Gasteiger partial charge in [0.15, 0.2) is 0 Å². The standard InChI is InChI=1S/C13H18ClN3/c1-9-16-12-8-10(11(15-2)6-7-14)4-5-13(12)17(9)3/h4-5,8,11,15H,6-7H2,1-3H3. The number of benzene rings is 1. The first kappa shape index (κ1) is 12.4. The molecule has 0 aliphatic rings. The van der Waals surface area contributed by atoms with Crippen LogP contribution in [0.4, 0.5) is 0 Å². The van der Waals surface area contributed by atoms with Crippen molar-refractivity contribution < 1.29 is 0 Å². The number of imidazole rings is 1. The van der Waals surface area contributed by atoms with E-state index in [1.54, 1.807) is 0 Å². The molecule has 0 saturated carbocycles. The number of nitrogens with zero attached hydrogens (tertiary/aromatic N) is 2. The summed E-state index contributed by atoms with van der Waals surface area (Å²) in [5.41, 5.74) is 3.48. The summed E-state index contributed by atoms with van der Waals surface area (Å²) in [5, 5.41) is 3.29. The van der Waals surface area contributed by atoms with E-state index in [0.717, 1.165) is 17.8 Å². The summed E-state index contributed by atoms with van der Waals surface area (Å²) in [7, 11) is 4.00. The molecule has 1 aromatic carbocycles. The largest absolute Gasteiger partial charge is 0.331 e. The Morgan fingerprint density at radius 3 is 2.88 bits per heavy atom. The van der Waals surface area contributed by atoms with Gasteiger partial charge in [0, 0.05) is 19.0 Å². The second-order valence-corrected chi connectivity index (χ2v) is 4.66. The van der Waals surface area contributed by atoms with Crippen molar-refractivity contribution in [1.82, 2.24) is 14.9 Å². The lowest BCUT2D eigenvalue weighted by atomic mass is 10.0. The fraction of sp³-hybridized carbons (Fsp3) is 0.462. The van der Waals surface area contributed by atoms with Crippen molar-refractivity contribution in [2.24, 2.45) is 7.05 Å². The molecule has 0 spiro atoms. The van der Waals surface area contributed by atoms with Crippen LogP contribution in [0.25, 0.3) is 11.0 Å². The van der Waals surface area contributed by atoms with Crippen LogP contribution in [0.5, 0.6) is 0 Å². The smallest absolute Gasteiger partial charge is 0.106 e. The fourth-order valence-corrected chi connectivity index (χ4v) is 2.36. The molecule has 2 rings (SSSR count). The summed E-state index contributed by atoms with van der Waals surface area (Å²) in [4.78, 5) is 4.55. The molecule has 0 saturated heterocycles. The van der Waals surface area contributed by atoms with Crippen LogP contribution in [0.3, 0.4) is 0 Å². The maximum atomic E-state index is 5.81. The molecule has 1 heterocycles. The third-order valence-electron chi connectivity index (χ3n) is 3.28. The lowest BCUT2D eigenvalue weighted by Crippen LogP contribution is -2.16. The first-order valence-electron chi connectivity index (χ1n) is 5.83. The van der Waals surface area contributed by atoms with Gasteiger partial charge in [0.25, 0.3) is 0 Å². The summed E-state index contributed by atoms with van der Waals surface area (Å²) in [6.07, 6.45) is 0.926. The van der Waals surface area contributed by atoms with Gasteiger partial charge in [-0.25, -0.2) is 4.98 Å². The van der Waals surface area contributed by atoms with Gasteiger partial charge in [0.05, 0.1) is 11.0 Å². The van der Waals surface area contributed by atoms with Crippen molar-refractivity contribution in [3.63, 3.8) is 0 Å². The molecule has 0 fully saturated rings. The lowest BCUT2D eigenvalue weighted by molar-refractivity contribution is 0.580. The molecule has 0 radical (unpaired) electrons. The first-order valence-corrected chi connectivity index (χ1v) is 6.37. The third kappa shape index (κ3) is 2.31. The minimum atomic E-state index is 0.305. The van der Waals surface area contributed by atoms with Crippen LogP contribution in [0, 0.1) is 6.92 Å². The summed E-state index contributed by atoms with van der Waals surface area (Å²) in [5.74, 6) is 1.70. The highest BCUT2D eigenvalue weighted by molar-refractivity contribution is 6.17. The number of aryl methyl sites for hydroxylation is 2. The quantitative estimate of drug-likeness (QED) is 0.847. The number of nitrogens with one attached hydrogen (secondary N) is 1. The van der Waals surface area contributed by atoms with Crippen LogP contribution in [0.15, 0.2) is 18.2 Å². The zero-order chi connectivity index (χ0) is 12.4. The van der Waals surface area contributed by atoms with Gasteiger partial charge < -0.3 is 9.88 Å². The number of aromatic nitrogens is 2. The van der Waals surface area contributed by atoms with E-state index >= 15 is 0 Å². The Morgan fingerprint density at radius 2 is 2.24 bits per heavy atom. The van der Waals surface area contributed by atoms with E-state index in [0.29, 0.717) is 11.9 Å². The zero-order valence-corrected chi connectivity index (χ0v) is 11.3. The van der Waals surface area contributed by atoms with Crippen molar-refractivity contribution in [2.75, 3.05) is 12.9 Å². The molecular weight excluding hydrogens is 234 g/mol. The highest BCUT2D eigenvalue weighted by atomic mass is 35.5. The van der Waals surface area contributed by atoms with Gasteiger partial charge in [-0.1, -0.05) is 6.07 Å². The summed E-state index contributed by atoms with van der Waals surface area (Å²) >= 11 is 5.81. The van der Waals surface area contributed by atoms with Crippen molar-refractivity contribution in [3.05, 3.63) is 29.6 Å². The Kier molecular flexibility index (Phi) is 3.69. The number of alkyl halides is 1. The third-order valence-corrected chi connectivity index (χ3v) is 3.50. The van der Waals surface area contributed by atoms with Gasteiger partial charge in [0.2, 0.25) is 0 Å².